The monoisotopic (exact) mass is 583 g/mol. The molecule has 5 rings (SSSR count). The molecule has 3 atom stereocenters. The Bertz CT molecular complexity index is 1570. The molecule has 2 N–H and O–H groups in total. The largest absolute Gasteiger partial charge is 0.496 e. The number of rotatable bonds is 9. The topological polar surface area (TPSA) is 63.7 Å². The Balaban J connectivity index is 1.40. The Morgan fingerprint density at radius 2 is 1.70 bits per heavy atom. The van der Waals surface area contributed by atoms with E-state index in [0.717, 1.165) is 83.4 Å². The van der Waals surface area contributed by atoms with Crippen molar-refractivity contribution in [1.29, 1.82) is 0 Å². The van der Waals surface area contributed by atoms with Crippen molar-refractivity contribution in [2.75, 3.05) is 14.2 Å². The normalized spacial score (nSPS) is 23.0. The fraction of sp³-hybridized carbons (Fsp3) is 0.474. The number of H-pyrrole nitrogens is 1. The number of hydrogen-bond acceptors (Lipinski definition) is 4. The molecule has 2 heterocycles. The molecule has 1 aromatic heterocycles. The number of nitrogens with one attached hydrogen (secondary N) is 1. The van der Waals surface area contributed by atoms with E-state index in [2.05, 4.69) is 101 Å². The van der Waals surface area contributed by atoms with Crippen molar-refractivity contribution in [1.82, 2.24) is 4.98 Å². The van der Waals surface area contributed by atoms with Crippen LogP contribution in [-0.2, 0) is 12.8 Å². The van der Waals surface area contributed by atoms with E-state index in [4.69, 9.17) is 14.2 Å². The van der Waals surface area contributed by atoms with Gasteiger partial charge < -0.3 is 24.3 Å². The maximum Gasteiger partial charge on any atom is 0.165 e. The fourth-order valence-corrected chi connectivity index (χ4v) is 7.15. The Hall–Kier alpha value is -3.44. The molecule has 43 heavy (non-hydrogen) atoms. The van der Waals surface area contributed by atoms with E-state index in [-0.39, 0.29) is 23.0 Å². The molecule has 1 aliphatic carbocycles. The van der Waals surface area contributed by atoms with Gasteiger partial charge in [0.05, 0.1) is 25.8 Å². The second kappa shape index (κ2) is 12.3. The Morgan fingerprint density at radius 1 is 1.00 bits per heavy atom. The molecular formula is C38H49NO4. The summed E-state index contributed by atoms with van der Waals surface area (Å²) in [6, 6.07) is 8.55. The highest BCUT2D eigenvalue weighted by Crippen LogP contribution is 2.55. The molecule has 1 fully saturated rings. The van der Waals surface area contributed by atoms with Crippen molar-refractivity contribution in [3.05, 3.63) is 76.0 Å². The lowest BCUT2D eigenvalue weighted by Crippen LogP contribution is -2.58. The minimum atomic E-state index is -0.327. The highest BCUT2D eigenvalue weighted by molar-refractivity contribution is 5.92. The van der Waals surface area contributed by atoms with Gasteiger partial charge >= 0.3 is 0 Å². The third kappa shape index (κ3) is 6.28. The van der Waals surface area contributed by atoms with Crippen LogP contribution in [0.4, 0.5) is 0 Å². The zero-order chi connectivity index (χ0) is 30.9. The molecule has 0 spiro atoms. The first-order chi connectivity index (χ1) is 20.4. The number of aromatic nitrogens is 1. The van der Waals surface area contributed by atoms with Crippen molar-refractivity contribution >= 4 is 23.1 Å². The molecule has 5 nitrogen and oxygen atoms in total. The number of benzene rings is 2. The highest BCUT2D eigenvalue weighted by atomic mass is 16.5. The van der Waals surface area contributed by atoms with Gasteiger partial charge in [0.2, 0.25) is 0 Å². The van der Waals surface area contributed by atoms with Crippen LogP contribution < -0.4 is 14.2 Å². The minimum Gasteiger partial charge on any atom is -0.496 e. The number of fused-ring (bicyclic) bond motifs is 3. The van der Waals surface area contributed by atoms with Crippen LogP contribution in [0.15, 0.2) is 53.8 Å². The molecule has 0 radical (unpaired) electrons. The second-order valence-corrected chi connectivity index (χ2v) is 13.6. The molecule has 230 valence electrons. The lowest BCUT2D eigenvalue weighted by Gasteiger charge is -2.55. The van der Waals surface area contributed by atoms with E-state index in [1.807, 2.05) is 0 Å². The van der Waals surface area contributed by atoms with Gasteiger partial charge in [-0.2, -0.15) is 0 Å². The molecule has 0 saturated heterocycles. The fourth-order valence-electron chi connectivity index (χ4n) is 7.15. The van der Waals surface area contributed by atoms with Gasteiger partial charge in [-0.1, -0.05) is 49.3 Å². The number of hydrogen-bond donors (Lipinski definition) is 2. The van der Waals surface area contributed by atoms with Crippen LogP contribution in [0.25, 0.3) is 23.1 Å². The maximum atomic E-state index is 10.8. The van der Waals surface area contributed by atoms with Gasteiger partial charge in [0.15, 0.2) is 11.5 Å². The lowest BCUT2D eigenvalue weighted by molar-refractivity contribution is -0.138. The minimum absolute atomic E-state index is 0.213. The van der Waals surface area contributed by atoms with Gasteiger partial charge in [-0.3, -0.25) is 0 Å². The van der Waals surface area contributed by atoms with Crippen molar-refractivity contribution < 1.29 is 19.3 Å². The zero-order valence-corrected chi connectivity index (χ0v) is 27.3. The van der Waals surface area contributed by atoms with Gasteiger partial charge in [-0.15, -0.1) is 0 Å². The summed E-state index contributed by atoms with van der Waals surface area (Å²) in [5, 5.41) is 12.0. The zero-order valence-electron chi connectivity index (χ0n) is 27.3. The molecule has 0 unspecified atom stereocenters. The van der Waals surface area contributed by atoms with Crippen LogP contribution >= 0.6 is 0 Å². The van der Waals surface area contributed by atoms with Crippen molar-refractivity contribution in [3.8, 4) is 17.2 Å². The van der Waals surface area contributed by atoms with Crippen LogP contribution in [0, 0.1) is 11.3 Å². The molecule has 1 aliphatic heterocycles. The van der Waals surface area contributed by atoms with Crippen LogP contribution in [-0.4, -0.2) is 36.0 Å². The van der Waals surface area contributed by atoms with Crippen molar-refractivity contribution in [2.24, 2.45) is 11.3 Å². The van der Waals surface area contributed by atoms with Gasteiger partial charge in [0.1, 0.15) is 11.4 Å². The van der Waals surface area contributed by atoms with E-state index in [9.17, 15) is 5.11 Å². The molecule has 1 saturated carbocycles. The summed E-state index contributed by atoms with van der Waals surface area (Å²) >= 11 is 0. The first kappa shape index (κ1) is 31.0. The van der Waals surface area contributed by atoms with Gasteiger partial charge in [0.25, 0.3) is 0 Å². The Labute approximate surface area is 257 Å². The van der Waals surface area contributed by atoms with Crippen molar-refractivity contribution in [2.45, 2.75) is 91.8 Å². The predicted molar refractivity (Wildman–Crippen MR) is 178 cm³/mol. The average molecular weight is 584 g/mol. The molecule has 0 amide bonds. The van der Waals surface area contributed by atoms with Crippen LogP contribution in [0.5, 0.6) is 17.2 Å². The first-order valence-electron chi connectivity index (χ1n) is 15.7. The quantitative estimate of drug-likeness (QED) is 0.195. The molecular weight excluding hydrogens is 534 g/mol. The van der Waals surface area contributed by atoms with Crippen LogP contribution in [0.3, 0.4) is 0 Å². The summed E-state index contributed by atoms with van der Waals surface area (Å²) in [5.41, 5.74) is 7.78. The van der Waals surface area contributed by atoms with E-state index >= 15 is 0 Å². The molecule has 0 bridgehead atoms. The molecule has 2 aromatic carbocycles. The summed E-state index contributed by atoms with van der Waals surface area (Å²) in [6.45, 7) is 13.1. The smallest absolute Gasteiger partial charge is 0.165 e. The summed E-state index contributed by atoms with van der Waals surface area (Å²) in [4.78, 5) is 3.47. The van der Waals surface area contributed by atoms with Gasteiger partial charge in [0, 0.05) is 17.5 Å². The van der Waals surface area contributed by atoms with Crippen LogP contribution in [0.2, 0.25) is 0 Å². The highest BCUT2D eigenvalue weighted by Gasteiger charge is 2.54. The number of allylic oxidation sites excluding steroid dienone is 4. The summed E-state index contributed by atoms with van der Waals surface area (Å²) in [7, 11) is 3.45. The number of methoxy groups -OCH3 is 2. The van der Waals surface area contributed by atoms with E-state index < -0.39 is 0 Å². The summed E-state index contributed by atoms with van der Waals surface area (Å²) in [6.07, 6.45) is 16.1. The summed E-state index contributed by atoms with van der Waals surface area (Å²) in [5.74, 6) is 2.68. The lowest BCUT2D eigenvalue weighted by atomic mass is 9.57. The standard InChI is InChI=1S/C38H49NO4/c1-24(2)10-9-11-25(3)12-15-28-23-39-30-19-27(20-31(41-7)35(28)30)14-13-26-18-29-22-33-37(4,5)34(40)16-17-38(33,6)43-36(29)32(21-26)42-8/h10,12-14,18-21,23,33-34,39-40H,9,11,15-17,22H2,1-8H3/t33-,34-,38-/m1/s1. The Kier molecular flexibility index (Phi) is 8.85. The maximum absolute atomic E-state index is 10.8. The third-order valence-electron chi connectivity index (χ3n) is 9.84. The molecule has 5 heteroatoms. The van der Waals surface area contributed by atoms with Crippen LogP contribution in [0.1, 0.15) is 89.5 Å². The molecule has 2 aliphatic rings. The van der Waals surface area contributed by atoms with Gasteiger partial charge in [-0.25, -0.2) is 0 Å². The SMILES string of the molecule is COc1cc(C=Cc2cc(OC)c3c(CC=C(C)CCC=C(C)C)c[nH]c3c2)cc2c1O[C@]1(C)CC[C@@H](O)C(C)(C)[C@H]1C2. The molecule has 3 aromatic rings. The van der Waals surface area contributed by atoms with E-state index in [0.29, 0.717) is 0 Å². The number of ether oxygens (including phenoxy) is 3. The first-order valence-corrected chi connectivity index (χ1v) is 15.7. The predicted octanol–water partition coefficient (Wildman–Crippen LogP) is 9.08. The number of aliphatic hydroxyl groups is 1. The average Bonchev–Trinajstić information content (AvgIpc) is 3.38. The van der Waals surface area contributed by atoms with E-state index in [1.54, 1.807) is 14.2 Å². The van der Waals surface area contributed by atoms with Gasteiger partial charge in [-0.05, 0) is 118 Å². The number of aliphatic hydroxyl groups excluding tert-OH is 1. The van der Waals surface area contributed by atoms with Crippen molar-refractivity contribution in [3.63, 3.8) is 0 Å². The van der Waals surface area contributed by atoms with E-state index in [1.165, 1.54) is 16.7 Å². The second-order valence-electron chi connectivity index (χ2n) is 13.6. The third-order valence-corrected chi connectivity index (χ3v) is 9.84. The summed E-state index contributed by atoms with van der Waals surface area (Å²) < 4.78 is 18.4. The Morgan fingerprint density at radius 3 is 2.40 bits per heavy atom. The number of aromatic amines is 1.